The molecular formula is C27H31NO5. The smallest absolute Gasteiger partial charge is 0.258 e. The van der Waals surface area contributed by atoms with Crippen LogP contribution in [0.15, 0.2) is 57.9 Å². The van der Waals surface area contributed by atoms with Gasteiger partial charge in [-0.15, -0.1) is 0 Å². The largest absolute Gasteiger partial charge is 0.484 e. The predicted molar refractivity (Wildman–Crippen MR) is 128 cm³/mol. The van der Waals surface area contributed by atoms with Gasteiger partial charge in [0.2, 0.25) is 11.2 Å². The Bertz CT molecular complexity index is 1170. The zero-order valence-electron chi connectivity index (χ0n) is 19.5. The molecule has 0 radical (unpaired) electrons. The zero-order valence-corrected chi connectivity index (χ0v) is 19.5. The van der Waals surface area contributed by atoms with E-state index < -0.39 is 0 Å². The van der Waals surface area contributed by atoms with Crippen LogP contribution in [0.25, 0.3) is 11.0 Å². The molecule has 0 unspecified atom stereocenters. The van der Waals surface area contributed by atoms with Gasteiger partial charge in [-0.2, -0.15) is 0 Å². The number of hydrogen-bond donors (Lipinski definition) is 1. The van der Waals surface area contributed by atoms with Crippen LogP contribution in [0.2, 0.25) is 0 Å². The van der Waals surface area contributed by atoms with Crippen molar-refractivity contribution in [3.05, 3.63) is 64.5 Å². The molecule has 2 aromatic carbocycles. The number of carbonyl (C=O) groups is 1. The Morgan fingerprint density at radius 1 is 1.03 bits per heavy atom. The van der Waals surface area contributed by atoms with Gasteiger partial charge in [0.05, 0.1) is 5.39 Å². The lowest BCUT2D eigenvalue weighted by atomic mass is 9.87. The van der Waals surface area contributed by atoms with Gasteiger partial charge in [-0.05, 0) is 48.1 Å². The molecule has 0 bridgehead atoms. The fraction of sp³-hybridized carbons (Fsp3) is 0.407. The monoisotopic (exact) mass is 449 g/mol. The van der Waals surface area contributed by atoms with Crippen molar-refractivity contribution in [3.8, 4) is 17.2 Å². The van der Waals surface area contributed by atoms with Gasteiger partial charge < -0.3 is 19.2 Å². The lowest BCUT2D eigenvalue weighted by Gasteiger charge is -2.22. The molecule has 6 heteroatoms. The standard InChI is InChI=1S/C27H31NO5/c1-27(2,3)18-9-11-20(12-10-18)33-24-16-32-23-15-21(13-14-22(23)26(24)30)31-17-25(29)28-19-7-5-4-6-8-19/h9-16,19H,4-8,17H2,1-3H3,(H,28,29). The van der Waals surface area contributed by atoms with Crippen molar-refractivity contribution in [2.45, 2.75) is 64.3 Å². The Balaban J connectivity index is 1.41. The van der Waals surface area contributed by atoms with Crippen LogP contribution in [0.4, 0.5) is 0 Å². The van der Waals surface area contributed by atoms with Crippen LogP contribution >= 0.6 is 0 Å². The average Bonchev–Trinajstić information content (AvgIpc) is 2.80. The van der Waals surface area contributed by atoms with Crippen molar-refractivity contribution in [2.75, 3.05) is 6.61 Å². The summed E-state index contributed by atoms with van der Waals surface area (Å²) in [4.78, 5) is 25.0. The van der Waals surface area contributed by atoms with Gasteiger partial charge >= 0.3 is 0 Å². The highest BCUT2D eigenvalue weighted by molar-refractivity contribution is 5.80. The van der Waals surface area contributed by atoms with Crippen molar-refractivity contribution in [1.82, 2.24) is 5.32 Å². The minimum absolute atomic E-state index is 0.0385. The van der Waals surface area contributed by atoms with Gasteiger partial charge in [0.15, 0.2) is 6.61 Å². The van der Waals surface area contributed by atoms with Gasteiger partial charge in [0.1, 0.15) is 23.3 Å². The molecule has 0 aliphatic heterocycles. The first-order chi connectivity index (χ1) is 15.8. The molecule has 33 heavy (non-hydrogen) atoms. The van der Waals surface area contributed by atoms with E-state index in [9.17, 15) is 9.59 Å². The third-order valence-electron chi connectivity index (χ3n) is 6.00. The summed E-state index contributed by atoms with van der Waals surface area (Å²) in [5.41, 5.74) is 1.33. The van der Waals surface area contributed by atoms with E-state index >= 15 is 0 Å². The number of fused-ring (bicyclic) bond motifs is 1. The lowest BCUT2D eigenvalue weighted by Crippen LogP contribution is -2.38. The number of hydrogen-bond acceptors (Lipinski definition) is 5. The fourth-order valence-corrected chi connectivity index (χ4v) is 4.07. The van der Waals surface area contributed by atoms with Crippen molar-refractivity contribution in [3.63, 3.8) is 0 Å². The first-order valence-corrected chi connectivity index (χ1v) is 11.6. The Hall–Kier alpha value is -3.28. The number of carbonyl (C=O) groups excluding carboxylic acids is 1. The van der Waals surface area contributed by atoms with E-state index in [1.54, 1.807) is 18.2 Å². The lowest BCUT2D eigenvalue weighted by molar-refractivity contribution is -0.124. The van der Waals surface area contributed by atoms with Crippen LogP contribution in [0, 0.1) is 0 Å². The molecule has 1 aromatic heterocycles. The topological polar surface area (TPSA) is 77.8 Å². The Morgan fingerprint density at radius 2 is 1.73 bits per heavy atom. The Labute approximate surface area is 193 Å². The van der Waals surface area contributed by atoms with Gasteiger partial charge in [0.25, 0.3) is 5.91 Å². The summed E-state index contributed by atoms with van der Waals surface area (Å²) in [5, 5.41) is 3.41. The second kappa shape index (κ2) is 9.69. The molecule has 1 amide bonds. The molecule has 174 valence electrons. The third-order valence-corrected chi connectivity index (χ3v) is 6.00. The second-order valence-electron chi connectivity index (χ2n) is 9.65. The molecule has 1 fully saturated rings. The first-order valence-electron chi connectivity index (χ1n) is 11.6. The van der Waals surface area contributed by atoms with Gasteiger partial charge in [-0.3, -0.25) is 9.59 Å². The second-order valence-corrected chi connectivity index (χ2v) is 9.65. The van der Waals surface area contributed by atoms with Crippen molar-refractivity contribution < 1.29 is 18.7 Å². The Morgan fingerprint density at radius 3 is 2.42 bits per heavy atom. The van der Waals surface area contributed by atoms with E-state index in [0.29, 0.717) is 22.5 Å². The predicted octanol–water partition coefficient (Wildman–Crippen LogP) is 5.71. The maximum Gasteiger partial charge on any atom is 0.258 e. The highest BCUT2D eigenvalue weighted by atomic mass is 16.5. The summed E-state index contributed by atoms with van der Waals surface area (Å²) in [6, 6.07) is 12.8. The maximum atomic E-state index is 12.9. The van der Waals surface area contributed by atoms with Crippen LogP contribution in [-0.4, -0.2) is 18.6 Å². The summed E-state index contributed by atoms with van der Waals surface area (Å²) < 4.78 is 17.0. The van der Waals surface area contributed by atoms with Gasteiger partial charge in [-0.25, -0.2) is 0 Å². The minimum Gasteiger partial charge on any atom is -0.484 e. The van der Waals surface area contributed by atoms with Crippen LogP contribution in [-0.2, 0) is 10.2 Å². The minimum atomic E-state index is -0.266. The summed E-state index contributed by atoms with van der Waals surface area (Å²) in [5.74, 6) is 1.02. The first kappa shape index (κ1) is 22.9. The molecule has 3 aromatic rings. The normalized spacial score (nSPS) is 14.8. The van der Waals surface area contributed by atoms with Crippen molar-refractivity contribution in [2.24, 2.45) is 0 Å². The van der Waals surface area contributed by atoms with E-state index in [4.69, 9.17) is 13.9 Å². The molecule has 0 saturated heterocycles. The number of nitrogens with one attached hydrogen (secondary N) is 1. The van der Waals surface area contributed by atoms with Crippen LogP contribution in [0.1, 0.15) is 58.4 Å². The highest BCUT2D eigenvalue weighted by Gasteiger charge is 2.17. The molecule has 0 spiro atoms. The highest BCUT2D eigenvalue weighted by Crippen LogP contribution is 2.27. The SMILES string of the molecule is CC(C)(C)c1ccc(Oc2coc3cc(OCC(=O)NC4CCCCC4)ccc3c2=O)cc1. The van der Waals surface area contributed by atoms with E-state index in [2.05, 4.69) is 26.1 Å². The molecule has 6 nitrogen and oxygen atoms in total. The molecule has 1 aliphatic carbocycles. The number of amides is 1. The number of ether oxygens (including phenoxy) is 2. The van der Waals surface area contributed by atoms with Crippen molar-refractivity contribution >= 4 is 16.9 Å². The average molecular weight is 450 g/mol. The quantitative estimate of drug-likeness (QED) is 0.521. The summed E-state index contributed by atoms with van der Waals surface area (Å²) in [7, 11) is 0. The van der Waals surface area contributed by atoms with E-state index in [1.165, 1.54) is 18.2 Å². The summed E-state index contributed by atoms with van der Waals surface area (Å²) in [6.07, 6.45) is 6.91. The maximum absolute atomic E-state index is 12.9. The third kappa shape index (κ3) is 5.75. The van der Waals surface area contributed by atoms with Crippen LogP contribution < -0.4 is 20.2 Å². The van der Waals surface area contributed by atoms with Gasteiger partial charge in [-0.1, -0.05) is 52.2 Å². The van der Waals surface area contributed by atoms with E-state index in [0.717, 1.165) is 25.7 Å². The zero-order chi connectivity index (χ0) is 23.4. The van der Waals surface area contributed by atoms with Crippen molar-refractivity contribution in [1.29, 1.82) is 0 Å². The van der Waals surface area contributed by atoms with Crippen LogP contribution in [0.5, 0.6) is 17.2 Å². The Kier molecular flexibility index (Phi) is 6.72. The summed E-state index contributed by atoms with van der Waals surface area (Å²) in [6.45, 7) is 6.35. The molecular weight excluding hydrogens is 418 g/mol. The van der Waals surface area contributed by atoms with E-state index in [1.807, 2.05) is 24.3 Å². The summed E-state index contributed by atoms with van der Waals surface area (Å²) >= 11 is 0. The van der Waals surface area contributed by atoms with Crippen LogP contribution in [0.3, 0.4) is 0 Å². The molecule has 4 rings (SSSR count). The fourth-order valence-electron chi connectivity index (χ4n) is 4.07. The molecule has 1 N–H and O–H groups in total. The molecule has 0 atom stereocenters. The number of rotatable bonds is 6. The molecule has 1 saturated carbocycles. The van der Waals surface area contributed by atoms with E-state index in [-0.39, 0.29) is 35.1 Å². The molecule has 1 aliphatic rings. The molecule has 1 heterocycles. The number of benzene rings is 2. The van der Waals surface area contributed by atoms with Gasteiger partial charge in [0, 0.05) is 12.1 Å².